The first-order chi connectivity index (χ1) is 13.5. The van der Waals surface area contributed by atoms with Crippen molar-refractivity contribution in [2.24, 2.45) is 0 Å². The maximum Gasteiger partial charge on any atom is 0.192 e. The molecule has 0 unspecified atom stereocenters. The summed E-state index contributed by atoms with van der Waals surface area (Å²) in [5, 5.41) is 23.2. The first kappa shape index (κ1) is 23.6. The summed E-state index contributed by atoms with van der Waals surface area (Å²) in [5.41, 5.74) is 2.82. The van der Waals surface area contributed by atoms with Crippen LogP contribution in [0.2, 0.25) is 18.1 Å². The largest absolute Gasteiger partial charge is 0.508 e. The van der Waals surface area contributed by atoms with Gasteiger partial charge in [0.1, 0.15) is 5.75 Å². The van der Waals surface area contributed by atoms with E-state index in [9.17, 15) is 10.2 Å². The van der Waals surface area contributed by atoms with Crippen LogP contribution in [0.3, 0.4) is 0 Å². The predicted octanol–water partition coefficient (Wildman–Crippen LogP) is 5.17. The van der Waals surface area contributed by atoms with E-state index in [1.165, 1.54) is 5.56 Å². The van der Waals surface area contributed by atoms with Gasteiger partial charge in [0.25, 0.3) is 0 Å². The van der Waals surface area contributed by atoms with Gasteiger partial charge in [0.15, 0.2) is 8.32 Å². The summed E-state index contributed by atoms with van der Waals surface area (Å²) in [6.07, 6.45) is 0.811. The molecule has 0 heterocycles. The molecule has 4 nitrogen and oxygen atoms in total. The average Bonchev–Trinajstić information content (AvgIpc) is 2.65. The molecule has 2 atom stereocenters. The Bertz CT molecular complexity index is 771. The number of hydrogen-bond donors (Lipinski definition) is 3. The summed E-state index contributed by atoms with van der Waals surface area (Å²) in [4.78, 5) is 0. The van der Waals surface area contributed by atoms with Crippen LogP contribution < -0.4 is 5.32 Å². The van der Waals surface area contributed by atoms with Crippen molar-refractivity contribution in [3.63, 3.8) is 0 Å². The van der Waals surface area contributed by atoms with Gasteiger partial charge < -0.3 is 20.0 Å². The Kier molecular flexibility index (Phi) is 8.06. The quantitative estimate of drug-likeness (QED) is 0.495. The van der Waals surface area contributed by atoms with Crippen molar-refractivity contribution >= 4 is 8.32 Å². The lowest BCUT2D eigenvalue weighted by Gasteiger charge is -2.40. The molecule has 0 radical (unpaired) electrons. The van der Waals surface area contributed by atoms with Gasteiger partial charge in [-0.2, -0.15) is 0 Å². The second-order valence-corrected chi connectivity index (χ2v) is 14.2. The maximum atomic E-state index is 9.95. The second kappa shape index (κ2) is 9.89. The summed E-state index contributed by atoms with van der Waals surface area (Å²) in [7, 11) is -2.00. The molecule has 0 fully saturated rings. The SMILES string of the molecule is C[C@H](Cc1ccccc1)NC[C@@H](O[Si](C)(C)C(C)(C)C)c1ccc(O)c(CO)c1. The molecule has 0 saturated heterocycles. The molecule has 0 aliphatic rings. The Morgan fingerprint density at radius 3 is 2.31 bits per heavy atom. The number of nitrogens with one attached hydrogen (secondary N) is 1. The predicted molar refractivity (Wildman–Crippen MR) is 123 cm³/mol. The summed E-state index contributed by atoms with van der Waals surface area (Å²) in [6.45, 7) is 13.9. The summed E-state index contributed by atoms with van der Waals surface area (Å²) < 4.78 is 6.74. The van der Waals surface area contributed by atoms with Gasteiger partial charge in [-0.05, 0) is 54.7 Å². The van der Waals surface area contributed by atoms with Crippen molar-refractivity contribution in [2.75, 3.05) is 6.54 Å². The smallest absolute Gasteiger partial charge is 0.192 e. The minimum Gasteiger partial charge on any atom is -0.508 e. The van der Waals surface area contributed by atoms with Crippen molar-refractivity contribution in [3.8, 4) is 5.75 Å². The average molecular weight is 416 g/mol. The Morgan fingerprint density at radius 1 is 1.07 bits per heavy atom. The van der Waals surface area contributed by atoms with Crippen LogP contribution in [0.25, 0.3) is 0 Å². The lowest BCUT2D eigenvalue weighted by Crippen LogP contribution is -2.44. The second-order valence-electron chi connectivity index (χ2n) is 9.41. The fraction of sp³-hybridized carbons (Fsp3) is 0.500. The zero-order chi connectivity index (χ0) is 21.7. The standard InChI is InChI=1S/C24H37NO3Si/c1-18(14-19-10-8-7-9-11-19)25-16-23(28-29(5,6)24(2,3)4)20-12-13-22(27)21(15-20)17-26/h7-13,15,18,23,25-27H,14,16-17H2,1-6H3/t18-,23-/m1/s1. The Hall–Kier alpha value is -1.66. The lowest BCUT2D eigenvalue weighted by molar-refractivity contribution is 0.176. The number of aliphatic hydroxyl groups is 1. The van der Waals surface area contributed by atoms with Crippen LogP contribution in [-0.4, -0.2) is 31.1 Å². The van der Waals surface area contributed by atoms with Gasteiger partial charge in [-0.1, -0.05) is 57.2 Å². The molecule has 2 aromatic rings. The Morgan fingerprint density at radius 2 is 1.72 bits per heavy atom. The third-order valence-electron chi connectivity index (χ3n) is 5.93. The molecule has 160 valence electrons. The van der Waals surface area contributed by atoms with Gasteiger partial charge in [0.05, 0.1) is 12.7 Å². The topological polar surface area (TPSA) is 61.7 Å². The van der Waals surface area contributed by atoms with E-state index in [0.29, 0.717) is 18.2 Å². The molecule has 29 heavy (non-hydrogen) atoms. The fourth-order valence-corrected chi connectivity index (χ4v) is 4.32. The van der Waals surface area contributed by atoms with E-state index in [1.54, 1.807) is 6.07 Å². The molecule has 2 rings (SSSR count). The molecular formula is C24H37NO3Si. The number of benzene rings is 2. The van der Waals surface area contributed by atoms with Gasteiger partial charge in [-0.15, -0.1) is 0 Å². The van der Waals surface area contributed by atoms with E-state index in [-0.39, 0.29) is 23.5 Å². The summed E-state index contributed by atoms with van der Waals surface area (Å²) >= 11 is 0. The first-order valence-corrected chi connectivity index (χ1v) is 13.3. The van der Waals surface area contributed by atoms with Crippen LogP contribution in [0.4, 0.5) is 0 Å². The van der Waals surface area contributed by atoms with Crippen LogP contribution in [0.15, 0.2) is 48.5 Å². The highest BCUT2D eigenvalue weighted by atomic mass is 28.4. The molecule has 0 aliphatic heterocycles. The molecule has 0 bridgehead atoms. The van der Waals surface area contributed by atoms with Gasteiger partial charge in [0, 0.05) is 18.2 Å². The molecule has 0 amide bonds. The normalized spacial score (nSPS) is 14.6. The lowest BCUT2D eigenvalue weighted by atomic mass is 10.0. The van der Waals surface area contributed by atoms with E-state index < -0.39 is 8.32 Å². The summed E-state index contributed by atoms with van der Waals surface area (Å²) in [5.74, 6) is 0.118. The monoisotopic (exact) mass is 415 g/mol. The summed E-state index contributed by atoms with van der Waals surface area (Å²) in [6, 6.07) is 16.2. The van der Waals surface area contributed by atoms with E-state index in [2.05, 4.69) is 70.4 Å². The van der Waals surface area contributed by atoms with Crippen molar-refractivity contribution < 1.29 is 14.6 Å². The molecule has 3 N–H and O–H groups in total. The minimum atomic E-state index is -2.00. The first-order valence-electron chi connectivity index (χ1n) is 10.4. The number of aliphatic hydroxyl groups excluding tert-OH is 1. The highest BCUT2D eigenvalue weighted by Crippen LogP contribution is 2.40. The zero-order valence-corrected chi connectivity index (χ0v) is 19.7. The Balaban J connectivity index is 2.18. The highest BCUT2D eigenvalue weighted by molar-refractivity contribution is 6.74. The van der Waals surface area contributed by atoms with E-state index in [4.69, 9.17) is 4.43 Å². The number of hydrogen-bond acceptors (Lipinski definition) is 4. The van der Waals surface area contributed by atoms with Crippen LogP contribution >= 0.6 is 0 Å². The molecule has 0 aromatic heterocycles. The van der Waals surface area contributed by atoms with Gasteiger partial charge >= 0.3 is 0 Å². The Labute approximate surface area is 177 Å². The number of rotatable bonds is 9. The molecule has 0 aliphatic carbocycles. The third kappa shape index (κ3) is 6.68. The van der Waals surface area contributed by atoms with Crippen LogP contribution in [0.5, 0.6) is 5.75 Å². The van der Waals surface area contributed by atoms with E-state index in [0.717, 1.165) is 12.0 Å². The number of aromatic hydroxyl groups is 1. The molecule has 0 saturated carbocycles. The van der Waals surface area contributed by atoms with E-state index >= 15 is 0 Å². The van der Waals surface area contributed by atoms with Crippen LogP contribution in [-0.2, 0) is 17.5 Å². The minimum absolute atomic E-state index is 0.0949. The highest BCUT2D eigenvalue weighted by Gasteiger charge is 2.39. The third-order valence-corrected chi connectivity index (χ3v) is 10.4. The zero-order valence-electron chi connectivity index (χ0n) is 18.7. The van der Waals surface area contributed by atoms with Gasteiger partial charge in [0.2, 0.25) is 0 Å². The van der Waals surface area contributed by atoms with Crippen molar-refractivity contribution in [1.82, 2.24) is 5.32 Å². The van der Waals surface area contributed by atoms with Crippen LogP contribution in [0.1, 0.15) is 50.5 Å². The van der Waals surface area contributed by atoms with Gasteiger partial charge in [-0.3, -0.25) is 0 Å². The van der Waals surface area contributed by atoms with Crippen molar-refractivity contribution in [1.29, 1.82) is 0 Å². The van der Waals surface area contributed by atoms with E-state index in [1.807, 2.05) is 18.2 Å². The van der Waals surface area contributed by atoms with Crippen molar-refractivity contribution in [3.05, 3.63) is 65.2 Å². The maximum absolute atomic E-state index is 9.95. The van der Waals surface area contributed by atoms with Crippen molar-refractivity contribution in [2.45, 2.75) is 71.0 Å². The number of phenols is 1. The molecule has 0 spiro atoms. The van der Waals surface area contributed by atoms with Gasteiger partial charge in [-0.25, -0.2) is 0 Å². The molecular weight excluding hydrogens is 378 g/mol. The van der Waals surface area contributed by atoms with Crippen LogP contribution in [0, 0.1) is 0 Å². The molecule has 5 heteroatoms. The molecule has 2 aromatic carbocycles. The fourth-order valence-electron chi connectivity index (χ4n) is 3.04.